The summed E-state index contributed by atoms with van der Waals surface area (Å²) in [5, 5.41) is 0. The molecule has 0 aromatic carbocycles. The van der Waals surface area contributed by atoms with Crippen LogP contribution in [-0.2, 0) is 28.6 Å². The summed E-state index contributed by atoms with van der Waals surface area (Å²) in [4.78, 5) is 37.9. The van der Waals surface area contributed by atoms with Crippen LogP contribution in [0.1, 0.15) is 297 Å². The van der Waals surface area contributed by atoms with E-state index in [0.29, 0.717) is 19.3 Å². The van der Waals surface area contributed by atoms with Crippen molar-refractivity contribution in [2.24, 2.45) is 5.92 Å². The lowest BCUT2D eigenvalue weighted by Crippen LogP contribution is -2.30. The summed E-state index contributed by atoms with van der Waals surface area (Å²) in [6.07, 6.45) is 49.4. The van der Waals surface area contributed by atoms with Crippen LogP contribution in [0.2, 0.25) is 0 Å². The normalized spacial score (nSPS) is 12.4. The zero-order chi connectivity index (χ0) is 43.1. The van der Waals surface area contributed by atoms with Crippen LogP contribution in [0.4, 0.5) is 0 Å². The SMILES string of the molecule is CCCCCCCCCCCCCCCCCCCCC(=O)OC[C@H](COC(=O)CCCCCCCCCCCCC(C)CC)OC(=O)CCCCCCCCCCC. The van der Waals surface area contributed by atoms with Crippen LogP contribution >= 0.6 is 0 Å². The number of carbonyl (C=O) groups is 3. The Morgan fingerprint density at radius 2 is 0.593 bits per heavy atom. The molecule has 0 aliphatic rings. The Bertz CT molecular complexity index is 889. The number of unbranched alkanes of at least 4 members (excludes halogenated alkanes) is 34. The van der Waals surface area contributed by atoms with E-state index in [1.165, 1.54) is 193 Å². The molecular formula is C53H102O6. The minimum Gasteiger partial charge on any atom is -0.462 e. The van der Waals surface area contributed by atoms with Gasteiger partial charge in [-0.15, -0.1) is 0 Å². The fourth-order valence-corrected chi connectivity index (χ4v) is 8.01. The molecule has 350 valence electrons. The molecule has 59 heavy (non-hydrogen) atoms. The number of hydrogen-bond acceptors (Lipinski definition) is 6. The highest BCUT2D eigenvalue weighted by Gasteiger charge is 2.19. The zero-order valence-corrected chi connectivity index (χ0v) is 40.2. The van der Waals surface area contributed by atoms with Gasteiger partial charge in [0.1, 0.15) is 13.2 Å². The van der Waals surface area contributed by atoms with Gasteiger partial charge in [-0.25, -0.2) is 0 Å². The van der Waals surface area contributed by atoms with Gasteiger partial charge in [0.2, 0.25) is 0 Å². The van der Waals surface area contributed by atoms with Gasteiger partial charge in [0.25, 0.3) is 0 Å². The first-order chi connectivity index (χ1) is 28.9. The maximum atomic E-state index is 12.7. The molecule has 0 amide bonds. The number of carbonyl (C=O) groups excluding carboxylic acids is 3. The third-order valence-electron chi connectivity index (χ3n) is 12.4. The Hall–Kier alpha value is -1.59. The average molecular weight is 835 g/mol. The minimum atomic E-state index is -0.760. The largest absolute Gasteiger partial charge is 0.462 e. The summed E-state index contributed by atoms with van der Waals surface area (Å²) in [6.45, 7) is 9.04. The van der Waals surface area contributed by atoms with Crippen molar-refractivity contribution in [3.05, 3.63) is 0 Å². The second kappa shape index (κ2) is 47.5. The fraction of sp³-hybridized carbons (Fsp3) is 0.943. The highest BCUT2D eigenvalue weighted by Crippen LogP contribution is 2.18. The lowest BCUT2D eigenvalue weighted by molar-refractivity contribution is -0.167. The first-order valence-corrected chi connectivity index (χ1v) is 26.4. The third kappa shape index (κ3) is 45.8. The molecule has 0 aliphatic carbocycles. The highest BCUT2D eigenvalue weighted by molar-refractivity contribution is 5.71. The van der Waals surface area contributed by atoms with Gasteiger partial charge < -0.3 is 14.2 Å². The van der Waals surface area contributed by atoms with Crippen molar-refractivity contribution in [1.82, 2.24) is 0 Å². The van der Waals surface area contributed by atoms with Gasteiger partial charge in [-0.3, -0.25) is 14.4 Å². The maximum absolute atomic E-state index is 12.7. The Morgan fingerprint density at radius 1 is 0.339 bits per heavy atom. The second-order valence-corrected chi connectivity index (χ2v) is 18.4. The van der Waals surface area contributed by atoms with Crippen LogP contribution in [-0.4, -0.2) is 37.2 Å². The monoisotopic (exact) mass is 835 g/mol. The van der Waals surface area contributed by atoms with Crippen molar-refractivity contribution in [2.75, 3.05) is 13.2 Å². The first kappa shape index (κ1) is 57.4. The molecule has 0 aliphatic heterocycles. The zero-order valence-electron chi connectivity index (χ0n) is 40.2. The molecule has 1 unspecified atom stereocenters. The van der Waals surface area contributed by atoms with Crippen molar-refractivity contribution in [2.45, 2.75) is 303 Å². The first-order valence-electron chi connectivity index (χ1n) is 26.4. The van der Waals surface area contributed by atoms with E-state index in [0.717, 1.165) is 63.7 Å². The van der Waals surface area contributed by atoms with E-state index < -0.39 is 6.10 Å². The van der Waals surface area contributed by atoms with Gasteiger partial charge in [0, 0.05) is 19.3 Å². The van der Waals surface area contributed by atoms with Crippen molar-refractivity contribution in [3.63, 3.8) is 0 Å². The van der Waals surface area contributed by atoms with Crippen LogP contribution in [0.25, 0.3) is 0 Å². The third-order valence-corrected chi connectivity index (χ3v) is 12.4. The van der Waals surface area contributed by atoms with E-state index in [2.05, 4.69) is 27.7 Å². The lowest BCUT2D eigenvalue weighted by atomic mass is 9.99. The second-order valence-electron chi connectivity index (χ2n) is 18.4. The summed E-state index contributed by atoms with van der Waals surface area (Å²) in [6, 6.07) is 0. The Balaban J connectivity index is 4.22. The summed E-state index contributed by atoms with van der Waals surface area (Å²) < 4.78 is 16.8. The Labute approximate surface area is 368 Å². The van der Waals surface area contributed by atoms with E-state index in [1.54, 1.807) is 0 Å². The van der Waals surface area contributed by atoms with Gasteiger partial charge >= 0.3 is 17.9 Å². The molecule has 6 nitrogen and oxygen atoms in total. The van der Waals surface area contributed by atoms with Gasteiger partial charge in [0.05, 0.1) is 0 Å². The van der Waals surface area contributed by atoms with E-state index in [9.17, 15) is 14.4 Å². The molecular weight excluding hydrogens is 733 g/mol. The number of ether oxygens (including phenoxy) is 3. The van der Waals surface area contributed by atoms with Crippen LogP contribution in [0.15, 0.2) is 0 Å². The number of esters is 3. The standard InChI is InChI=1S/C53H102O6/c1-5-8-10-12-14-16-17-18-19-20-21-22-23-24-29-32-36-40-44-51(54)57-47-50(59-53(56)46-42-38-34-27-15-13-11-9-6-2)48-58-52(55)45-41-37-33-30-26-25-28-31-35-39-43-49(4)7-3/h49-50H,5-48H2,1-4H3/t49?,50-/m1/s1. The molecule has 0 rings (SSSR count). The smallest absolute Gasteiger partial charge is 0.306 e. The maximum Gasteiger partial charge on any atom is 0.306 e. The number of hydrogen-bond donors (Lipinski definition) is 0. The van der Waals surface area contributed by atoms with Gasteiger partial charge in [-0.2, -0.15) is 0 Å². The molecule has 0 bridgehead atoms. The number of rotatable bonds is 48. The summed E-state index contributed by atoms with van der Waals surface area (Å²) >= 11 is 0. The predicted octanol–water partition coefficient (Wildman–Crippen LogP) is 17.1. The van der Waals surface area contributed by atoms with Crippen LogP contribution in [0.5, 0.6) is 0 Å². The van der Waals surface area contributed by atoms with Gasteiger partial charge in [0.15, 0.2) is 6.10 Å². The van der Waals surface area contributed by atoms with E-state index in [1.807, 2.05) is 0 Å². The van der Waals surface area contributed by atoms with Gasteiger partial charge in [-0.05, 0) is 25.2 Å². The molecule has 0 radical (unpaired) electrons. The van der Waals surface area contributed by atoms with Gasteiger partial charge in [-0.1, -0.05) is 259 Å². The molecule has 0 heterocycles. The fourth-order valence-electron chi connectivity index (χ4n) is 8.01. The molecule has 2 atom stereocenters. The van der Waals surface area contributed by atoms with Crippen LogP contribution in [0, 0.1) is 5.92 Å². The predicted molar refractivity (Wildman–Crippen MR) is 252 cm³/mol. The molecule has 0 aromatic heterocycles. The van der Waals surface area contributed by atoms with Crippen LogP contribution < -0.4 is 0 Å². The van der Waals surface area contributed by atoms with E-state index in [4.69, 9.17) is 14.2 Å². The van der Waals surface area contributed by atoms with E-state index >= 15 is 0 Å². The molecule has 0 spiro atoms. The molecule has 0 aromatic rings. The Morgan fingerprint density at radius 3 is 0.881 bits per heavy atom. The molecule has 0 saturated heterocycles. The topological polar surface area (TPSA) is 78.9 Å². The molecule has 0 N–H and O–H groups in total. The quantitative estimate of drug-likeness (QED) is 0.0345. The van der Waals surface area contributed by atoms with Crippen molar-refractivity contribution in [3.8, 4) is 0 Å². The molecule has 0 saturated carbocycles. The van der Waals surface area contributed by atoms with E-state index in [-0.39, 0.29) is 31.1 Å². The highest BCUT2D eigenvalue weighted by atomic mass is 16.6. The lowest BCUT2D eigenvalue weighted by Gasteiger charge is -2.18. The van der Waals surface area contributed by atoms with Crippen molar-refractivity contribution >= 4 is 17.9 Å². The molecule has 0 fully saturated rings. The average Bonchev–Trinajstić information content (AvgIpc) is 3.23. The van der Waals surface area contributed by atoms with Crippen molar-refractivity contribution < 1.29 is 28.6 Å². The summed E-state index contributed by atoms with van der Waals surface area (Å²) in [5.41, 5.74) is 0. The minimum absolute atomic E-state index is 0.0630. The Kier molecular flexibility index (Phi) is 46.2. The summed E-state index contributed by atoms with van der Waals surface area (Å²) in [7, 11) is 0. The summed E-state index contributed by atoms with van der Waals surface area (Å²) in [5.74, 6) is 0.0229. The van der Waals surface area contributed by atoms with Crippen molar-refractivity contribution in [1.29, 1.82) is 0 Å². The molecule has 6 heteroatoms. The van der Waals surface area contributed by atoms with Crippen LogP contribution in [0.3, 0.4) is 0 Å².